The monoisotopic (exact) mass is 272 g/mol. The molecule has 1 fully saturated rings. The van der Waals surface area contributed by atoms with Crippen molar-refractivity contribution in [3.8, 4) is 0 Å². The number of rotatable bonds is 4. The first-order chi connectivity index (χ1) is 9.34. The van der Waals surface area contributed by atoms with Crippen LogP contribution in [0.25, 0.3) is 0 Å². The van der Waals surface area contributed by atoms with Crippen LogP contribution in [0.1, 0.15) is 26.3 Å². The zero-order valence-electron chi connectivity index (χ0n) is 12.1. The number of carbonyl (C=O) groups is 2. The van der Waals surface area contributed by atoms with Crippen molar-refractivity contribution in [1.82, 2.24) is 10.2 Å². The summed E-state index contributed by atoms with van der Waals surface area (Å²) in [5, 5.41) is 2.77. The van der Waals surface area contributed by atoms with Crippen LogP contribution in [0.3, 0.4) is 0 Å². The number of hydrogen-bond donors (Lipinski definition) is 1. The summed E-state index contributed by atoms with van der Waals surface area (Å²) < 4.78 is 0. The SMILES string of the molecule is C=C(C)C(C)(C)C1NC(=O)N(Cc2ccccc2)C1=O. The Morgan fingerprint density at radius 3 is 2.45 bits per heavy atom. The van der Waals surface area contributed by atoms with Crippen LogP contribution < -0.4 is 5.32 Å². The van der Waals surface area contributed by atoms with E-state index in [2.05, 4.69) is 11.9 Å². The van der Waals surface area contributed by atoms with Gasteiger partial charge in [0, 0.05) is 5.41 Å². The van der Waals surface area contributed by atoms with E-state index in [4.69, 9.17) is 0 Å². The first-order valence-electron chi connectivity index (χ1n) is 6.66. The van der Waals surface area contributed by atoms with Crippen LogP contribution in [-0.2, 0) is 11.3 Å². The summed E-state index contributed by atoms with van der Waals surface area (Å²) in [5.74, 6) is -0.188. The largest absolute Gasteiger partial charge is 0.325 e. The molecule has 1 aliphatic heterocycles. The number of imide groups is 1. The van der Waals surface area contributed by atoms with Gasteiger partial charge in [0.25, 0.3) is 5.91 Å². The highest BCUT2D eigenvalue weighted by Gasteiger charge is 2.46. The van der Waals surface area contributed by atoms with E-state index in [9.17, 15) is 9.59 Å². The van der Waals surface area contributed by atoms with E-state index in [1.165, 1.54) is 4.90 Å². The number of benzene rings is 1. The minimum atomic E-state index is -0.545. The smallest absolute Gasteiger partial charge is 0.325 e. The third-order valence-electron chi connectivity index (χ3n) is 4.03. The van der Waals surface area contributed by atoms with E-state index in [-0.39, 0.29) is 11.9 Å². The summed E-state index contributed by atoms with van der Waals surface area (Å²) in [6.45, 7) is 9.93. The molecule has 1 unspecified atom stereocenters. The maximum absolute atomic E-state index is 12.5. The number of carbonyl (C=O) groups excluding carboxylic acids is 2. The van der Waals surface area contributed by atoms with Gasteiger partial charge < -0.3 is 5.32 Å². The van der Waals surface area contributed by atoms with Crippen LogP contribution >= 0.6 is 0 Å². The first kappa shape index (κ1) is 14.3. The van der Waals surface area contributed by atoms with Gasteiger partial charge in [0.1, 0.15) is 6.04 Å². The molecule has 0 saturated carbocycles. The van der Waals surface area contributed by atoms with Gasteiger partial charge in [-0.05, 0) is 12.5 Å². The van der Waals surface area contributed by atoms with Gasteiger partial charge >= 0.3 is 6.03 Å². The summed E-state index contributed by atoms with van der Waals surface area (Å²) in [6, 6.07) is 8.61. The highest BCUT2D eigenvalue weighted by Crippen LogP contribution is 2.32. The van der Waals surface area contributed by atoms with Gasteiger partial charge in [-0.1, -0.05) is 56.3 Å². The van der Waals surface area contributed by atoms with Gasteiger partial charge in [-0.3, -0.25) is 9.69 Å². The molecule has 1 aromatic rings. The van der Waals surface area contributed by atoms with Crippen molar-refractivity contribution in [1.29, 1.82) is 0 Å². The van der Waals surface area contributed by atoms with E-state index in [1.54, 1.807) is 0 Å². The fourth-order valence-electron chi connectivity index (χ4n) is 2.17. The fourth-order valence-corrected chi connectivity index (χ4v) is 2.17. The maximum Gasteiger partial charge on any atom is 0.325 e. The highest BCUT2D eigenvalue weighted by molar-refractivity contribution is 6.04. The van der Waals surface area contributed by atoms with Crippen LogP contribution in [0.5, 0.6) is 0 Å². The Bertz CT molecular complexity index is 549. The number of hydrogen-bond acceptors (Lipinski definition) is 2. The van der Waals surface area contributed by atoms with E-state index in [0.717, 1.165) is 11.1 Å². The Kier molecular flexibility index (Phi) is 3.66. The molecule has 0 bridgehead atoms. The Morgan fingerprint density at radius 1 is 1.30 bits per heavy atom. The second-order valence-corrected chi connectivity index (χ2v) is 5.79. The number of amides is 3. The molecule has 1 aliphatic rings. The Hall–Kier alpha value is -2.10. The first-order valence-corrected chi connectivity index (χ1v) is 6.66. The van der Waals surface area contributed by atoms with Crippen LogP contribution in [0.15, 0.2) is 42.5 Å². The van der Waals surface area contributed by atoms with Crippen molar-refractivity contribution in [2.75, 3.05) is 0 Å². The molecular formula is C16H20N2O2. The molecule has 0 aromatic heterocycles. The zero-order chi connectivity index (χ0) is 14.9. The molecule has 4 nitrogen and oxygen atoms in total. The molecule has 4 heteroatoms. The van der Waals surface area contributed by atoms with Gasteiger partial charge in [-0.2, -0.15) is 0 Å². The van der Waals surface area contributed by atoms with Crippen molar-refractivity contribution in [2.24, 2.45) is 5.41 Å². The molecule has 20 heavy (non-hydrogen) atoms. The average Bonchev–Trinajstić information content (AvgIpc) is 2.68. The summed E-state index contributed by atoms with van der Waals surface area (Å²) in [4.78, 5) is 25.8. The fraction of sp³-hybridized carbons (Fsp3) is 0.375. The van der Waals surface area contributed by atoms with Gasteiger partial charge in [-0.15, -0.1) is 0 Å². The van der Waals surface area contributed by atoms with Gasteiger partial charge in [0.05, 0.1) is 6.54 Å². The molecule has 1 heterocycles. The minimum Gasteiger partial charge on any atom is -0.325 e. The van der Waals surface area contributed by atoms with Crippen molar-refractivity contribution in [3.05, 3.63) is 48.0 Å². The van der Waals surface area contributed by atoms with Crippen molar-refractivity contribution >= 4 is 11.9 Å². The van der Waals surface area contributed by atoms with E-state index in [1.807, 2.05) is 51.1 Å². The lowest BCUT2D eigenvalue weighted by Gasteiger charge is -2.30. The van der Waals surface area contributed by atoms with Crippen molar-refractivity contribution in [3.63, 3.8) is 0 Å². The lowest BCUT2D eigenvalue weighted by atomic mass is 9.78. The van der Waals surface area contributed by atoms with Gasteiger partial charge in [0.2, 0.25) is 0 Å². The van der Waals surface area contributed by atoms with Crippen molar-refractivity contribution < 1.29 is 9.59 Å². The normalized spacial score (nSPS) is 19.1. The van der Waals surface area contributed by atoms with Gasteiger partial charge in [0.15, 0.2) is 0 Å². The molecule has 1 atom stereocenters. The summed E-state index contributed by atoms with van der Waals surface area (Å²) >= 11 is 0. The van der Waals surface area contributed by atoms with Crippen LogP contribution in [0, 0.1) is 5.41 Å². The maximum atomic E-state index is 12.5. The second kappa shape index (κ2) is 5.12. The number of nitrogens with zero attached hydrogens (tertiary/aromatic N) is 1. The molecule has 3 amide bonds. The molecule has 1 N–H and O–H groups in total. The predicted octanol–water partition coefficient (Wildman–Crippen LogP) is 2.71. The average molecular weight is 272 g/mol. The Balaban J connectivity index is 2.20. The van der Waals surface area contributed by atoms with Gasteiger partial charge in [-0.25, -0.2) is 4.79 Å². The van der Waals surface area contributed by atoms with Crippen LogP contribution in [-0.4, -0.2) is 22.9 Å². The summed E-state index contributed by atoms with van der Waals surface area (Å²) in [7, 11) is 0. The lowest BCUT2D eigenvalue weighted by Crippen LogP contribution is -2.43. The van der Waals surface area contributed by atoms with Crippen LogP contribution in [0.2, 0.25) is 0 Å². The third kappa shape index (κ3) is 2.46. The molecule has 1 aromatic carbocycles. The quantitative estimate of drug-likeness (QED) is 0.676. The molecule has 0 radical (unpaired) electrons. The van der Waals surface area contributed by atoms with E-state index in [0.29, 0.717) is 6.54 Å². The standard InChI is InChI=1S/C16H20N2O2/c1-11(2)16(3,4)13-14(19)18(15(20)17-13)10-12-8-6-5-7-9-12/h5-9,13H,1,10H2,2-4H3,(H,17,20). The Labute approximate surface area is 119 Å². The molecule has 0 aliphatic carbocycles. The molecule has 106 valence electrons. The third-order valence-corrected chi connectivity index (χ3v) is 4.03. The minimum absolute atomic E-state index is 0.188. The van der Waals surface area contributed by atoms with Crippen LogP contribution in [0.4, 0.5) is 4.79 Å². The van der Waals surface area contributed by atoms with E-state index >= 15 is 0 Å². The Morgan fingerprint density at radius 2 is 1.90 bits per heavy atom. The number of urea groups is 1. The topological polar surface area (TPSA) is 49.4 Å². The number of nitrogens with one attached hydrogen (secondary N) is 1. The van der Waals surface area contributed by atoms with Crippen molar-refractivity contribution in [2.45, 2.75) is 33.4 Å². The van der Waals surface area contributed by atoms with E-state index < -0.39 is 11.5 Å². The molecule has 1 saturated heterocycles. The lowest BCUT2D eigenvalue weighted by molar-refractivity contribution is -0.129. The molecular weight excluding hydrogens is 252 g/mol. The molecule has 2 rings (SSSR count). The highest BCUT2D eigenvalue weighted by atomic mass is 16.2. The second-order valence-electron chi connectivity index (χ2n) is 5.79. The predicted molar refractivity (Wildman–Crippen MR) is 77.9 cm³/mol. The molecule has 0 spiro atoms. The summed E-state index contributed by atoms with van der Waals surface area (Å²) in [5.41, 5.74) is 1.35. The zero-order valence-corrected chi connectivity index (χ0v) is 12.1. The summed E-state index contributed by atoms with van der Waals surface area (Å²) in [6.07, 6.45) is 0.